The third kappa shape index (κ3) is 1.55. The van der Waals surface area contributed by atoms with Gasteiger partial charge in [0, 0.05) is 18.3 Å². The van der Waals surface area contributed by atoms with E-state index in [0.29, 0.717) is 5.69 Å². The van der Waals surface area contributed by atoms with Crippen molar-refractivity contribution in [3.05, 3.63) is 47.5 Å². The molecule has 0 N–H and O–H groups in total. The first-order chi connectivity index (χ1) is 6.27. The lowest BCUT2D eigenvalue weighted by Gasteiger charge is -2.01. The number of nitrogens with zero attached hydrogens (tertiary/aromatic N) is 2. The molecule has 0 bridgehead atoms. The maximum Gasteiger partial charge on any atom is 0.143 e. The monoisotopic (exact) mass is 195 g/mol. The van der Waals surface area contributed by atoms with Crippen molar-refractivity contribution < 1.29 is 4.39 Å². The van der Waals surface area contributed by atoms with Crippen molar-refractivity contribution in [3.8, 4) is 5.69 Å². The SMILES string of the molecule is Fc1cc(-n2c[c]cn2)ccc1Cl. The van der Waals surface area contributed by atoms with E-state index in [4.69, 9.17) is 11.6 Å². The van der Waals surface area contributed by atoms with Crippen LogP contribution in [-0.2, 0) is 0 Å². The Labute approximate surface area is 79.6 Å². The molecule has 2 rings (SSSR count). The Kier molecular flexibility index (Phi) is 2.02. The number of hydrogen-bond acceptors (Lipinski definition) is 1. The van der Waals surface area contributed by atoms with Crippen LogP contribution in [0.15, 0.2) is 30.6 Å². The molecule has 1 heterocycles. The maximum absolute atomic E-state index is 13.0. The summed E-state index contributed by atoms with van der Waals surface area (Å²) in [7, 11) is 0. The quantitative estimate of drug-likeness (QED) is 0.684. The lowest BCUT2D eigenvalue weighted by molar-refractivity contribution is 0.626. The highest BCUT2D eigenvalue weighted by molar-refractivity contribution is 6.30. The van der Waals surface area contributed by atoms with Gasteiger partial charge in [-0.1, -0.05) is 11.6 Å². The van der Waals surface area contributed by atoms with Gasteiger partial charge in [-0.3, -0.25) is 0 Å². The second kappa shape index (κ2) is 3.18. The highest BCUT2D eigenvalue weighted by Gasteiger charge is 2.01. The Bertz CT molecular complexity index is 412. The van der Waals surface area contributed by atoms with E-state index >= 15 is 0 Å². The number of aromatic nitrogens is 2. The average Bonchev–Trinajstić information content (AvgIpc) is 2.62. The molecule has 13 heavy (non-hydrogen) atoms. The van der Waals surface area contributed by atoms with Crippen molar-refractivity contribution in [3.63, 3.8) is 0 Å². The summed E-state index contributed by atoms with van der Waals surface area (Å²) in [4.78, 5) is 0. The zero-order valence-corrected chi connectivity index (χ0v) is 7.29. The molecule has 0 spiro atoms. The normalized spacial score (nSPS) is 10.3. The zero-order valence-electron chi connectivity index (χ0n) is 6.54. The first-order valence-corrected chi connectivity index (χ1v) is 4.01. The summed E-state index contributed by atoms with van der Waals surface area (Å²) in [5.41, 5.74) is 0.628. The predicted octanol–water partition coefficient (Wildman–Crippen LogP) is 2.46. The fourth-order valence-electron chi connectivity index (χ4n) is 1.00. The smallest absolute Gasteiger partial charge is 0.143 e. The minimum absolute atomic E-state index is 0.111. The number of benzene rings is 1. The lowest BCUT2D eigenvalue weighted by atomic mass is 10.3. The Morgan fingerprint density at radius 2 is 2.31 bits per heavy atom. The number of hydrogen-bond donors (Lipinski definition) is 0. The van der Waals surface area contributed by atoms with Crippen LogP contribution in [0.3, 0.4) is 0 Å². The molecule has 65 valence electrons. The summed E-state index contributed by atoms with van der Waals surface area (Å²) in [6.45, 7) is 0. The summed E-state index contributed by atoms with van der Waals surface area (Å²) in [6, 6.07) is 7.26. The van der Waals surface area contributed by atoms with Crippen molar-refractivity contribution in [2.75, 3.05) is 0 Å². The van der Waals surface area contributed by atoms with Crippen LogP contribution in [-0.4, -0.2) is 9.78 Å². The van der Waals surface area contributed by atoms with Crippen LogP contribution in [0.2, 0.25) is 5.02 Å². The van der Waals surface area contributed by atoms with Gasteiger partial charge in [0.05, 0.1) is 16.9 Å². The van der Waals surface area contributed by atoms with Crippen LogP contribution in [0.4, 0.5) is 4.39 Å². The molecule has 0 aliphatic rings. The third-order valence-electron chi connectivity index (χ3n) is 1.62. The van der Waals surface area contributed by atoms with E-state index in [-0.39, 0.29) is 5.02 Å². The first kappa shape index (κ1) is 8.26. The molecule has 0 aliphatic carbocycles. The van der Waals surface area contributed by atoms with E-state index in [1.165, 1.54) is 23.0 Å². The molecule has 2 aromatic rings. The highest BCUT2D eigenvalue weighted by Crippen LogP contribution is 2.17. The number of halogens is 2. The number of rotatable bonds is 1. The molecule has 0 saturated carbocycles. The minimum Gasteiger partial charge on any atom is -0.240 e. The fraction of sp³-hybridized carbons (Fsp3) is 0. The highest BCUT2D eigenvalue weighted by atomic mass is 35.5. The van der Waals surface area contributed by atoms with E-state index in [1.807, 2.05) is 0 Å². The molecule has 0 aliphatic heterocycles. The van der Waals surface area contributed by atoms with Gasteiger partial charge in [-0.2, -0.15) is 5.10 Å². The lowest BCUT2D eigenvalue weighted by Crippen LogP contribution is -1.94. The topological polar surface area (TPSA) is 17.8 Å². The van der Waals surface area contributed by atoms with Crippen LogP contribution >= 0.6 is 11.6 Å². The van der Waals surface area contributed by atoms with Crippen molar-refractivity contribution in [2.45, 2.75) is 0 Å². The molecule has 0 unspecified atom stereocenters. The Morgan fingerprint density at radius 3 is 2.92 bits per heavy atom. The van der Waals surface area contributed by atoms with Crippen LogP contribution in [0.1, 0.15) is 0 Å². The largest absolute Gasteiger partial charge is 0.240 e. The average molecular weight is 196 g/mol. The van der Waals surface area contributed by atoms with E-state index in [9.17, 15) is 4.39 Å². The van der Waals surface area contributed by atoms with Crippen LogP contribution in [0, 0.1) is 11.9 Å². The van der Waals surface area contributed by atoms with E-state index in [0.717, 1.165) is 0 Å². The molecular formula is C9H5ClFN2. The molecule has 0 amide bonds. The summed E-state index contributed by atoms with van der Waals surface area (Å²) >= 11 is 5.53. The standard InChI is InChI=1S/C9H5ClFN2/c10-8-3-2-7(6-9(8)11)13-5-1-4-12-13/h2-6H. The summed E-state index contributed by atoms with van der Waals surface area (Å²) in [6.07, 6.45) is 3.12. The Balaban J connectivity index is 2.49. The predicted molar refractivity (Wildman–Crippen MR) is 47.4 cm³/mol. The fourth-order valence-corrected chi connectivity index (χ4v) is 1.12. The minimum atomic E-state index is -0.449. The summed E-state index contributed by atoms with van der Waals surface area (Å²) < 4.78 is 14.5. The van der Waals surface area contributed by atoms with Gasteiger partial charge >= 0.3 is 0 Å². The molecule has 1 radical (unpaired) electrons. The molecule has 1 aromatic heterocycles. The Hall–Kier alpha value is -1.35. The van der Waals surface area contributed by atoms with Crippen LogP contribution in [0.25, 0.3) is 5.69 Å². The van der Waals surface area contributed by atoms with E-state index in [1.54, 1.807) is 12.3 Å². The van der Waals surface area contributed by atoms with Crippen molar-refractivity contribution >= 4 is 11.6 Å². The molecule has 2 nitrogen and oxygen atoms in total. The van der Waals surface area contributed by atoms with Gasteiger partial charge in [-0.05, 0) is 12.1 Å². The first-order valence-electron chi connectivity index (χ1n) is 3.63. The van der Waals surface area contributed by atoms with Crippen LogP contribution in [0.5, 0.6) is 0 Å². The van der Waals surface area contributed by atoms with Crippen molar-refractivity contribution in [1.82, 2.24) is 9.78 Å². The van der Waals surface area contributed by atoms with Gasteiger partial charge in [0.25, 0.3) is 0 Å². The van der Waals surface area contributed by atoms with E-state index < -0.39 is 5.82 Å². The van der Waals surface area contributed by atoms with Gasteiger partial charge in [-0.15, -0.1) is 0 Å². The summed E-state index contributed by atoms with van der Waals surface area (Å²) in [5.74, 6) is -0.449. The second-order valence-electron chi connectivity index (χ2n) is 2.48. The second-order valence-corrected chi connectivity index (χ2v) is 2.89. The third-order valence-corrected chi connectivity index (χ3v) is 1.93. The van der Waals surface area contributed by atoms with Gasteiger partial charge in [0.2, 0.25) is 0 Å². The maximum atomic E-state index is 13.0. The molecule has 1 aromatic carbocycles. The molecule has 4 heteroatoms. The molecule has 0 atom stereocenters. The van der Waals surface area contributed by atoms with Gasteiger partial charge in [0.15, 0.2) is 0 Å². The zero-order chi connectivity index (χ0) is 9.26. The molecule has 0 saturated heterocycles. The van der Waals surface area contributed by atoms with Gasteiger partial charge in [-0.25, -0.2) is 9.07 Å². The molecule has 0 fully saturated rings. The van der Waals surface area contributed by atoms with Crippen molar-refractivity contribution in [2.24, 2.45) is 0 Å². The Morgan fingerprint density at radius 1 is 1.46 bits per heavy atom. The van der Waals surface area contributed by atoms with Crippen molar-refractivity contribution in [1.29, 1.82) is 0 Å². The molecular weight excluding hydrogens is 191 g/mol. The summed E-state index contributed by atoms with van der Waals surface area (Å²) in [5, 5.41) is 4.02. The van der Waals surface area contributed by atoms with Gasteiger partial charge in [0.1, 0.15) is 5.82 Å². The van der Waals surface area contributed by atoms with Crippen LogP contribution < -0.4 is 0 Å². The van der Waals surface area contributed by atoms with Gasteiger partial charge < -0.3 is 0 Å². The van der Waals surface area contributed by atoms with E-state index in [2.05, 4.69) is 11.2 Å².